The third kappa shape index (κ3) is 3.48. The van der Waals surface area contributed by atoms with Gasteiger partial charge < -0.3 is 10.6 Å². The van der Waals surface area contributed by atoms with Gasteiger partial charge in [0.05, 0.1) is 0 Å². The molecule has 3 nitrogen and oxygen atoms in total. The normalized spacial score (nSPS) is 9.94. The van der Waals surface area contributed by atoms with Crippen LogP contribution in [-0.2, 0) is 0 Å². The Bertz CT molecular complexity index is 454. The Morgan fingerprint density at radius 3 is 2.47 bits per heavy atom. The number of benzene rings is 1. The zero-order valence-electron chi connectivity index (χ0n) is 9.98. The summed E-state index contributed by atoms with van der Waals surface area (Å²) in [4.78, 5) is 4.48. The fraction of sp³-hybridized carbons (Fsp3) is 0.214. The van der Waals surface area contributed by atoms with E-state index in [0.29, 0.717) is 0 Å². The Morgan fingerprint density at radius 1 is 0.941 bits per heavy atom. The van der Waals surface area contributed by atoms with Crippen LogP contribution in [0.25, 0.3) is 0 Å². The van der Waals surface area contributed by atoms with E-state index < -0.39 is 0 Å². The molecule has 2 rings (SSSR count). The third-order valence-electron chi connectivity index (χ3n) is 2.35. The zero-order chi connectivity index (χ0) is 11.9. The van der Waals surface area contributed by atoms with Crippen LogP contribution in [0.15, 0.2) is 48.5 Å². The fourth-order valence-corrected chi connectivity index (χ4v) is 1.53. The minimum atomic E-state index is 0.859. The second kappa shape index (κ2) is 5.89. The number of nitrogens with one attached hydrogen (secondary N) is 2. The Labute approximate surface area is 102 Å². The fourth-order valence-electron chi connectivity index (χ4n) is 1.53. The number of anilines is 3. The average molecular weight is 227 g/mol. The van der Waals surface area contributed by atoms with Crippen LogP contribution in [0.3, 0.4) is 0 Å². The molecule has 0 saturated carbocycles. The van der Waals surface area contributed by atoms with E-state index in [1.165, 1.54) is 0 Å². The number of para-hydroxylation sites is 1. The van der Waals surface area contributed by atoms with E-state index in [2.05, 4.69) is 22.5 Å². The standard InChI is InChI=1S/C14H17N3/c1-2-11-15-13-9-6-10-14(17-13)16-12-7-4-3-5-8-12/h3-10H,2,11H2,1H3,(H2,15,16,17). The molecule has 0 atom stereocenters. The second-order valence-corrected chi connectivity index (χ2v) is 3.83. The van der Waals surface area contributed by atoms with Gasteiger partial charge in [0.15, 0.2) is 0 Å². The maximum Gasteiger partial charge on any atom is 0.132 e. The number of pyridine rings is 1. The van der Waals surface area contributed by atoms with Gasteiger partial charge in [0.25, 0.3) is 0 Å². The molecule has 0 bridgehead atoms. The average Bonchev–Trinajstić information content (AvgIpc) is 2.38. The van der Waals surface area contributed by atoms with Crippen LogP contribution >= 0.6 is 0 Å². The van der Waals surface area contributed by atoms with Crippen molar-refractivity contribution in [1.29, 1.82) is 0 Å². The van der Waals surface area contributed by atoms with Gasteiger partial charge >= 0.3 is 0 Å². The van der Waals surface area contributed by atoms with Gasteiger partial charge in [-0.15, -0.1) is 0 Å². The monoisotopic (exact) mass is 227 g/mol. The molecule has 1 aromatic carbocycles. The lowest BCUT2D eigenvalue weighted by molar-refractivity contribution is 0.970. The first kappa shape index (κ1) is 11.5. The minimum absolute atomic E-state index is 0.859. The van der Waals surface area contributed by atoms with E-state index in [1.807, 2.05) is 48.5 Å². The van der Waals surface area contributed by atoms with Gasteiger partial charge in [-0.3, -0.25) is 0 Å². The first-order valence-corrected chi connectivity index (χ1v) is 5.91. The smallest absolute Gasteiger partial charge is 0.132 e. The van der Waals surface area contributed by atoms with Crippen molar-refractivity contribution in [3.8, 4) is 0 Å². The molecule has 0 radical (unpaired) electrons. The molecule has 1 heterocycles. The molecule has 0 unspecified atom stereocenters. The van der Waals surface area contributed by atoms with E-state index in [4.69, 9.17) is 0 Å². The lowest BCUT2D eigenvalue weighted by Crippen LogP contribution is -2.03. The topological polar surface area (TPSA) is 37.0 Å². The van der Waals surface area contributed by atoms with E-state index in [0.717, 1.165) is 30.3 Å². The highest BCUT2D eigenvalue weighted by Crippen LogP contribution is 2.15. The van der Waals surface area contributed by atoms with Crippen molar-refractivity contribution in [1.82, 2.24) is 4.98 Å². The number of hydrogen-bond acceptors (Lipinski definition) is 3. The van der Waals surface area contributed by atoms with Crippen LogP contribution in [0, 0.1) is 0 Å². The maximum absolute atomic E-state index is 4.48. The molecule has 0 amide bonds. The molecule has 0 saturated heterocycles. The molecular weight excluding hydrogens is 210 g/mol. The Morgan fingerprint density at radius 2 is 1.71 bits per heavy atom. The summed E-state index contributed by atoms with van der Waals surface area (Å²) in [5.41, 5.74) is 1.05. The minimum Gasteiger partial charge on any atom is -0.370 e. The quantitative estimate of drug-likeness (QED) is 0.818. The highest BCUT2D eigenvalue weighted by Gasteiger charge is 1.97. The van der Waals surface area contributed by atoms with Crippen molar-refractivity contribution in [2.24, 2.45) is 0 Å². The van der Waals surface area contributed by atoms with Gasteiger partial charge in [-0.2, -0.15) is 0 Å². The molecule has 0 aliphatic carbocycles. The summed E-state index contributed by atoms with van der Waals surface area (Å²) in [5.74, 6) is 1.77. The van der Waals surface area contributed by atoms with Gasteiger partial charge in [0.2, 0.25) is 0 Å². The van der Waals surface area contributed by atoms with Crippen molar-refractivity contribution >= 4 is 17.3 Å². The molecule has 0 spiro atoms. The number of aromatic nitrogens is 1. The Hall–Kier alpha value is -2.03. The molecular formula is C14H17N3. The van der Waals surface area contributed by atoms with Gasteiger partial charge in [0.1, 0.15) is 11.6 Å². The van der Waals surface area contributed by atoms with Crippen LogP contribution in [0.4, 0.5) is 17.3 Å². The first-order chi connectivity index (χ1) is 8.38. The predicted molar refractivity (Wildman–Crippen MR) is 72.7 cm³/mol. The van der Waals surface area contributed by atoms with Gasteiger partial charge in [-0.25, -0.2) is 4.98 Å². The molecule has 2 aromatic rings. The van der Waals surface area contributed by atoms with Crippen LogP contribution < -0.4 is 10.6 Å². The van der Waals surface area contributed by atoms with Crippen molar-refractivity contribution in [3.05, 3.63) is 48.5 Å². The van der Waals surface area contributed by atoms with Crippen molar-refractivity contribution in [3.63, 3.8) is 0 Å². The number of rotatable bonds is 5. The van der Waals surface area contributed by atoms with E-state index in [9.17, 15) is 0 Å². The number of hydrogen-bond donors (Lipinski definition) is 2. The maximum atomic E-state index is 4.48. The van der Waals surface area contributed by atoms with Crippen molar-refractivity contribution in [2.45, 2.75) is 13.3 Å². The first-order valence-electron chi connectivity index (χ1n) is 5.91. The molecule has 1 aromatic heterocycles. The van der Waals surface area contributed by atoms with Crippen molar-refractivity contribution in [2.75, 3.05) is 17.2 Å². The summed E-state index contributed by atoms with van der Waals surface area (Å²) in [7, 11) is 0. The highest BCUT2D eigenvalue weighted by molar-refractivity contribution is 5.57. The second-order valence-electron chi connectivity index (χ2n) is 3.83. The van der Waals surface area contributed by atoms with Crippen LogP contribution in [0.5, 0.6) is 0 Å². The predicted octanol–water partition coefficient (Wildman–Crippen LogP) is 3.65. The summed E-state index contributed by atoms with van der Waals surface area (Å²) in [6.07, 6.45) is 1.10. The SMILES string of the molecule is CCCNc1cccc(Nc2ccccc2)n1. The van der Waals surface area contributed by atoms with Crippen molar-refractivity contribution < 1.29 is 0 Å². The van der Waals surface area contributed by atoms with E-state index in [-0.39, 0.29) is 0 Å². The van der Waals surface area contributed by atoms with Gasteiger partial charge in [-0.1, -0.05) is 31.2 Å². The molecule has 3 heteroatoms. The molecule has 0 aliphatic heterocycles. The van der Waals surface area contributed by atoms with Crippen LogP contribution in [-0.4, -0.2) is 11.5 Å². The lowest BCUT2D eigenvalue weighted by atomic mass is 10.3. The lowest BCUT2D eigenvalue weighted by Gasteiger charge is -2.08. The highest BCUT2D eigenvalue weighted by atomic mass is 15.1. The molecule has 17 heavy (non-hydrogen) atoms. The summed E-state index contributed by atoms with van der Waals surface area (Å²) in [5, 5.41) is 6.54. The zero-order valence-corrected chi connectivity index (χ0v) is 9.98. The third-order valence-corrected chi connectivity index (χ3v) is 2.35. The van der Waals surface area contributed by atoms with Crippen LogP contribution in [0.1, 0.15) is 13.3 Å². The molecule has 0 fully saturated rings. The molecule has 0 aliphatic rings. The summed E-state index contributed by atoms with van der Waals surface area (Å²) < 4.78 is 0. The molecule has 2 N–H and O–H groups in total. The van der Waals surface area contributed by atoms with Crippen LogP contribution in [0.2, 0.25) is 0 Å². The summed E-state index contributed by atoms with van der Waals surface area (Å²) in [6, 6.07) is 16.0. The summed E-state index contributed by atoms with van der Waals surface area (Å²) in [6.45, 7) is 3.08. The largest absolute Gasteiger partial charge is 0.370 e. The van der Waals surface area contributed by atoms with Gasteiger partial charge in [-0.05, 0) is 30.7 Å². The Balaban J connectivity index is 2.06. The summed E-state index contributed by atoms with van der Waals surface area (Å²) >= 11 is 0. The van der Waals surface area contributed by atoms with E-state index >= 15 is 0 Å². The number of nitrogens with zero attached hydrogens (tertiary/aromatic N) is 1. The van der Waals surface area contributed by atoms with E-state index in [1.54, 1.807) is 0 Å². The van der Waals surface area contributed by atoms with Gasteiger partial charge in [0, 0.05) is 12.2 Å². The Kier molecular flexibility index (Phi) is 3.97. The molecule has 88 valence electrons.